The first kappa shape index (κ1) is 14.7. The average molecular weight is 307 g/mol. The molecule has 1 aromatic carbocycles. The van der Waals surface area contributed by atoms with Crippen LogP contribution in [0.1, 0.15) is 10.4 Å². The number of halogens is 2. The Labute approximate surface area is 113 Å². The first-order valence-electron chi connectivity index (χ1n) is 5.47. The number of alkyl halides is 2. The Hall–Kier alpha value is -1.74. The molecule has 6 nitrogen and oxygen atoms in total. The van der Waals surface area contributed by atoms with Gasteiger partial charge in [0.2, 0.25) is 10.0 Å². The van der Waals surface area contributed by atoms with Gasteiger partial charge in [0.25, 0.3) is 5.92 Å². The number of sulfonamides is 1. The zero-order valence-electron chi connectivity index (χ0n) is 10.3. The van der Waals surface area contributed by atoms with Crippen LogP contribution in [-0.4, -0.2) is 49.9 Å². The topological polar surface area (TPSA) is 83.9 Å². The number of hydrogen-bond donors (Lipinski definition) is 1. The molecular weight excluding hydrogens is 296 g/mol. The lowest BCUT2D eigenvalue weighted by atomic mass is 10.2. The van der Waals surface area contributed by atoms with E-state index in [0.29, 0.717) is 4.31 Å². The van der Waals surface area contributed by atoms with Gasteiger partial charge in [-0.2, -0.15) is 4.31 Å². The Morgan fingerprint density at radius 3 is 2.45 bits per heavy atom. The van der Waals surface area contributed by atoms with Crippen molar-refractivity contribution in [3.63, 3.8) is 0 Å². The number of carboxylic acid groups (broad SMARTS) is 1. The Bertz CT molecular complexity index is 651. The molecule has 0 aromatic heterocycles. The van der Waals surface area contributed by atoms with Crippen LogP contribution in [0.4, 0.5) is 8.78 Å². The average Bonchev–Trinajstić information content (AvgIpc) is 2.34. The van der Waals surface area contributed by atoms with Crippen LogP contribution in [0.15, 0.2) is 23.1 Å². The number of carboxylic acids is 1. The van der Waals surface area contributed by atoms with Crippen molar-refractivity contribution in [3.05, 3.63) is 23.8 Å². The maximum atomic E-state index is 12.8. The molecule has 9 heteroatoms. The van der Waals surface area contributed by atoms with E-state index in [9.17, 15) is 22.0 Å². The second-order valence-electron chi connectivity index (χ2n) is 4.30. The first-order chi connectivity index (χ1) is 9.17. The zero-order valence-corrected chi connectivity index (χ0v) is 11.2. The lowest BCUT2D eigenvalue weighted by molar-refractivity contribution is -0.0945. The van der Waals surface area contributed by atoms with Crippen LogP contribution in [-0.2, 0) is 10.0 Å². The normalized spacial score (nSPS) is 18.4. The van der Waals surface area contributed by atoms with E-state index in [2.05, 4.69) is 0 Å². The van der Waals surface area contributed by atoms with Gasteiger partial charge in [0.1, 0.15) is 10.6 Å². The Morgan fingerprint density at radius 1 is 1.40 bits per heavy atom. The summed E-state index contributed by atoms with van der Waals surface area (Å²) in [5, 5.41) is 8.86. The van der Waals surface area contributed by atoms with E-state index < -0.39 is 39.9 Å². The van der Waals surface area contributed by atoms with Gasteiger partial charge < -0.3 is 9.84 Å². The van der Waals surface area contributed by atoms with Gasteiger partial charge in [-0.1, -0.05) is 0 Å². The van der Waals surface area contributed by atoms with Gasteiger partial charge in [0, 0.05) is 0 Å². The molecule has 1 N–H and O–H groups in total. The molecule has 0 bridgehead atoms. The number of hydrogen-bond acceptors (Lipinski definition) is 4. The molecule has 1 fully saturated rings. The highest BCUT2D eigenvalue weighted by Crippen LogP contribution is 2.35. The van der Waals surface area contributed by atoms with Gasteiger partial charge in [-0.05, 0) is 18.2 Å². The number of ether oxygens (including phenoxy) is 1. The summed E-state index contributed by atoms with van der Waals surface area (Å²) in [5.74, 6) is -4.46. The minimum absolute atomic E-state index is 0.0924. The molecule has 1 aliphatic rings. The highest BCUT2D eigenvalue weighted by molar-refractivity contribution is 7.89. The van der Waals surface area contributed by atoms with Crippen molar-refractivity contribution in [2.24, 2.45) is 0 Å². The smallest absolute Gasteiger partial charge is 0.335 e. The summed E-state index contributed by atoms with van der Waals surface area (Å²) < 4.78 is 55.4. The molecule has 0 amide bonds. The summed E-state index contributed by atoms with van der Waals surface area (Å²) >= 11 is 0. The van der Waals surface area contributed by atoms with E-state index in [1.807, 2.05) is 0 Å². The largest absolute Gasteiger partial charge is 0.495 e. The van der Waals surface area contributed by atoms with Crippen LogP contribution in [0, 0.1) is 0 Å². The highest BCUT2D eigenvalue weighted by Gasteiger charge is 2.50. The Balaban J connectivity index is 2.45. The monoisotopic (exact) mass is 307 g/mol. The highest BCUT2D eigenvalue weighted by atomic mass is 32.2. The third-order valence-corrected chi connectivity index (χ3v) is 4.66. The molecule has 0 aliphatic carbocycles. The van der Waals surface area contributed by atoms with E-state index in [0.717, 1.165) is 6.07 Å². The molecule has 0 atom stereocenters. The summed E-state index contributed by atoms with van der Waals surface area (Å²) in [7, 11) is -3.00. The molecule has 1 aliphatic heterocycles. The van der Waals surface area contributed by atoms with Gasteiger partial charge in [0.15, 0.2) is 0 Å². The van der Waals surface area contributed by atoms with Crippen LogP contribution < -0.4 is 4.74 Å². The number of rotatable bonds is 4. The van der Waals surface area contributed by atoms with Gasteiger partial charge in [-0.25, -0.2) is 22.0 Å². The fourth-order valence-corrected chi connectivity index (χ4v) is 3.47. The van der Waals surface area contributed by atoms with Crippen molar-refractivity contribution in [2.75, 3.05) is 20.2 Å². The quantitative estimate of drug-likeness (QED) is 0.898. The third-order valence-electron chi connectivity index (χ3n) is 2.84. The third kappa shape index (κ3) is 2.46. The van der Waals surface area contributed by atoms with E-state index in [-0.39, 0.29) is 11.3 Å². The summed E-state index contributed by atoms with van der Waals surface area (Å²) in [6.07, 6.45) is 0. The fourth-order valence-electron chi connectivity index (χ4n) is 1.79. The van der Waals surface area contributed by atoms with Gasteiger partial charge in [0.05, 0.1) is 25.8 Å². The lowest BCUT2D eigenvalue weighted by Gasteiger charge is -2.37. The van der Waals surface area contributed by atoms with E-state index >= 15 is 0 Å². The molecule has 1 saturated heterocycles. The molecule has 0 spiro atoms. The van der Waals surface area contributed by atoms with Crippen LogP contribution >= 0.6 is 0 Å². The van der Waals surface area contributed by atoms with Crippen molar-refractivity contribution in [3.8, 4) is 5.75 Å². The van der Waals surface area contributed by atoms with Crippen LogP contribution in [0.25, 0.3) is 0 Å². The number of carbonyl (C=O) groups is 1. The maximum Gasteiger partial charge on any atom is 0.335 e. The summed E-state index contributed by atoms with van der Waals surface area (Å²) in [5.41, 5.74) is -0.267. The van der Waals surface area contributed by atoms with E-state index in [1.165, 1.54) is 19.2 Å². The number of nitrogens with zero attached hydrogens (tertiary/aromatic N) is 1. The van der Waals surface area contributed by atoms with Gasteiger partial charge in [-0.15, -0.1) is 0 Å². The number of aromatic carboxylic acids is 1. The summed E-state index contributed by atoms with van der Waals surface area (Å²) in [6, 6.07) is 3.24. The van der Waals surface area contributed by atoms with Crippen molar-refractivity contribution >= 4 is 16.0 Å². The molecule has 0 unspecified atom stereocenters. The van der Waals surface area contributed by atoms with Crippen LogP contribution in [0.3, 0.4) is 0 Å². The van der Waals surface area contributed by atoms with Crippen molar-refractivity contribution in [1.29, 1.82) is 0 Å². The van der Waals surface area contributed by atoms with Crippen LogP contribution in [0.5, 0.6) is 5.75 Å². The molecule has 0 radical (unpaired) electrons. The molecule has 1 heterocycles. The predicted molar refractivity (Wildman–Crippen MR) is 63.7 cm³/mol. The van der Waals surface area contributed by atoms with Gasteiger partial charge >= 0.3 is 5.97 Å². The Kier molecular flexibility index (Phi) is 3.42. The second kappa shape index (κ2) is 4.67. The first-order valence-corrected chi connectivity index (χ1v) is 6.91. The molecule has 2 rings (SSSR count). The van der Waals surface area contributed by atoms with Crippen molar-refractivity contribution < 1.29 is 31.8 Å². The summed E-state index contributed by atoms with van der Waals surface area (Å²) in [6.45, 7) is -1.84. The van der Waals surface area contributed by atoms with Crippen LogP contribution in [0.2, 0.25) is 0 Å². The summed E-state index contributed by atoms with van der Waals surface area (Å²) in [4.78, 5) is 10.4. The fraction of sp³-hybridized carbons (Fsp3) is 0.364. The Morgan fingerprint density at radius 2 is 2.00 bits per heavy atom. The maximum absolute atomic E-state index is 12.8. The zero-order chi connectivity index (χ0) is 15.1. The number of methoxy groups -OCH3 is 1. The predicted octanol–water partition coefficient (Wildman–Crippen LogP) is 1.03. The second-order valence-corrected chi connectivity index (χ2v) is 6.21. The SMILES string of the molecule is COc1ccc(C(=O)O)cc1S(=O)(=O)N1CC(F)(F)C1. The molecule has 110 valence electrons. The standard InChI is InChI=1S/C11H11F2NO5S/c1-19-8-3-2-7(10(15)16)4-9(8)20(17,18)14-5-11(12,13)6-14/h2-4H,5-6H2,1H3,(H,15,16). The molecule has 1 aromatic rings. The molecular formula is C11H11F2NO5S. The van der Waals surface area contributed by atoms with Crippen molar-refractivity contribution in [2.45, 2.75) is 10.8 Å². The van der Waals surface area contributed by atoms with E-state index in [1.54, 1.807) is 0 Å². The van der Waals surface area contributed by atoms with E-state index in [4.69, 9.17) is 9.84 Å². The minimum atomic E-state index is -4.21. The lowest BCUT2D eigenvalue weighted by Crippen LogP contribution is -2.58. The molecule has 20 heavy (non-hydrogen) atoms. The minimum Gasteiger partial charge on any atom is -0.495 e. The van der Waals surface area contributed by atoms with Crippen molar-refractivity contribution in [1.82, 2.24) is 4.31 Å². The molecule has 0 saturated carbocycles. The number of benzene rings is 1. The van der Waals surface area contributed by atoms with Gasteiger partial charge in [-0.3, -0.25) is 0 Å².